The Kier molecular flexibility index (Phi) is 6.28. The van der Waals surface area contributed by atoms with E-state index in [2.05, 4.69) is 38.6 Å². The van der Waals surface area contributed by atoms with Crippen molar-refractivity contribution in [1.82, 2.24) is 19.8 Å². The van der Waals surface area contributed by atoms with Crippen molar-refractivity contribution >= 4 is 23.4 Å². The number of likely N-dealkylation sites (N-methyl/N-ethyl adjacent to an activating group) is 1. The fourth-order valence-electron chi connectivity index (χ4n) is 3.11. The van der Waals surface area contributed by atoms with E-state index in [0.717, 1.165) is 54.2 Å². The quantitative estimate of drug-likeness (QED) is 0.817. The topological polar surface area (TPSA) is 62.6 Å². The Balaban J connectivity index is 1.82. The summed E-state index contributed by atoms with van der Waals surface area (Å²) in [5.74, 6) is 0.748. The molecular weight excluding hydrogens is 362 g/mol. The molecule has 0 aromatic carbocycles. The molecule has 1 amide bonds. The molecule has 0 spiro atoms. The zero-order chi connectivity index (χ0) is 19.4. The van der Waals surface area contributed by atoms with Gasteiger partial charge in [0.15, 0.2) is 0 Å². The number of amides is 1. The summed E-state index contributed by atoms with van der Waals surface area (Å²) in [7, 11) is 5.48. The van der Waals surface area contributed by atoms with E-state index in [0.29, 0.717) is 5.56 Å². The maximum absolute atomic E-state index is 11.9. The Bertz CT molecular complexity index is 799. The molecule has 1 N–H and O–H groups in total. The number of carbonyl (C=O) groups excluding carboxylic acids is 1. The number of aromatic nitrogens is 2. The second kappa shape index (κ2) is 8.67. The van der Waals surface area contributed by atoms with Crippen LogP contribution < -0.4 is 15.0 Å². The van der Waals surface area contributed by atoms with E-state index in [-0.39, 0.29) is 5.91 Å². The highest BCUT2D eigenvalue weighted by Crippen LogP contribution is 2.35. The van der Waals surface area contributed by atoms with Gasteiger partial charge in [0.05, 0.1) is 29.6 Å². The van der Waals surface area contributed by atoms with Gasteiger partial charge in [-0.15, -0.1) is 0 Å². The van der Waals surface area contributed by atoms with Crippen LogP contribution in [0.3, 0.4) is 0 Å². The van der Waals surface area contributed by atoms with E-state index in [1.165, 1.54) is 11.8 Å². The molecule has 3 rings (SSSR count). The number of rotatable bonds is 6. The molecule has 0 bridgehead atoms. The number of pyridine rings is 1. The Labute approximate surface area is 164 Å². The molecule has 1 aliphatic rings. The molecule has 7 nitrogen and oxygen atoms in total. The Morgan fingerprint density at radius 3 is 2.67 bits per heavy atom. The lowest BCUT2D eigenvalue weighted by atomic mass is 10.2. The Hall–Kier alpha value is -2.19. The second-order valence-corrected chi connectivity index (χ2v) is 7.56. The van der Waals surface area contributed by atoms with E-state index in [9.17, 15) is 4.79 Å². The molecule has 0 radical (unpaired) electrons. The van der Waals surface area contributed by atoms with Crippen molar-refractivity contribution in [1.29, 1.82) is 0 Å². The second-order valence-electron chi connectivity index (χ2n) is 6.52. The van der Waals surface area contributed by atoms with Gasteiger partial charge in [0.2, 0.25) is 0 Å². The monoisotopic (exact) mass is 389 g/mol. The minimum Gasteiger partial charge on any atom is -0.494 e. The number of hydrogen-bond acceptors (Lipinski definition) is 6. The number of anilines is 1. The minimum atomic E-state index is -0.0833. The molecule has 146 valence electrons. The summed E-state index contributed by atoms with van der Waals surface area (Å²) in [4.78, 5) is 21.2. The molecule has 0 saturated carbocycles. The highest BCUT2D eigenvalue weighted by atomic mass is 32.2. The average molecular weight is 390 g/mol. The lowest BCUT2D eigenvalue weighted by Gasteiger charge is -2.34. The average Bonchev–Trinajstić information content (AvgIpc) is 3.10. The van der Waals surface area contributed by atoms with E-state index < -0.39 is 0 Å². The predicted octanol–water partition coefficient (Wildman–Crippen LogP) is 2.17. The first kappa shape index (κ1) is 19.6. The summed E-state index contributed by atoms with van der Waals surface area (Å²) < 4.78 is 7.69. The third-order valence-electron chi connectivity index (χ3n) is 4.78. The van der Waals surface area contributed by atoms with Gasteiger partial charge >= 0.3 is 0 Å². The number of ether oxygens (including phenoxy) is 1. The SMILES string of the molecule is CCn1cc(C(=O)NC)cc1Sc1cc(OC)c(N2CCN(C)CC2)cn1. The minimum absolute atomic E-state index is 0.0833. The van der Waals surface area contributed by atoms with Gasteiger partial charge in [-0.1, -0.05) is 11.8 Å². The molecule has 0 unspecified atom stereocenters. The zero-order valence-corrected chi connectivity index (χ0v) is 17.2. The summed E-state index contributed by atoms with van der Waals surface area (Å²) in [6, 6.07) is 3.88. The first-order valence-corrected chi connectivity index (χ1v) is 9.95. The highest BCUT2D eigenvalue weighted by molar-refractivity contribution is 7.99. The van der Waals surface area contributed by atoms with Crippen LogP contribution in [0, 0.1) is 0 Å². The van der Waals surface area contributed by atoms with Crippen molar-refractivity contribution in [3.63, 3.8) is 0 Å². The molecule has 8 heteroatoms. The summed E-state index contributed by atoms with van der Waals surface area (Å²) in [5.41, 5.74) is 1.69. The third kappa shape index (κ3) is 4.39. The van der Waals surface area contributed by atoms with E-state index in [1.807, 2.05) is 24.5 Å². The molecule has 1 fully saturated rings. The van der Waals surface area contributed by atoms with Crippen LogP contribution in [-0.2, 0) is 6.54 Å². The van der Waals surface area contributed by atoms with Crippen molar-refractivity contribution in [2.75, 3.05) is 52.3 Å². The van der Waals surface area contributed by atoms with Gasteiger partial charge in [-0.05, 0) is 20.0 Å². The van der Waals surface area contributed by atoms with Crippen molar-refractivity contribution in [2.24, 2.45) is 0 Å². The predicted molar refractivity (Wildman–Crippen MR) is 108 cm³/mol. The van der Waals surface area contributed by atoms with Crippen LogP contribution >= 0.6 is 11.8 Å². The van der Waals surface area contributed by atoms with E-state index in [4.69, 9.17) is 4.74 Å². The van der Waals surface area contributed by atoms with Gasteiger partial charge in [-0.2, -0.15) is 0 Å². The number of methoxy groups -OCH3 is 1. The summed E-state index contributed by atoms with van der Waals surface area (Å²) in [5, 5.41) is 4.50. The van der Waals surface area contributed by atoms with Crippen LogP contribution in [0.2, 0.25) is 0 Å². The van der Waals surface area contributed by atoms with Gasteiger partial charge in [0.25, 0.3) is 5.91 Å². The maximum Gasteiger partial charge on any atom is 0.252 e. The number of hydrogen-bond donors (Lipinski definition) is 1. The number of aryl methyl sites for hydroxylation is 1. The van der Waals surface area contributed by atoms with Gasteiger partial charge in [0, 0.05) is 52.0 Å². The maximum atomic E-state index is 11.9. The Morgan fingerprint density at radius 2 is 2.04 bits per heavy atom. The van der Waals surface area contributed by atoms with E-state index in [1.54, 1.807) is 14.2 Å². The molecule has 3 heterocycles. The summed E-state index contributed by atoms with van der Waals surface area (Å²) in [6.45, 7) is 6.85. The molecular formula is C19H27N5O2S. The molecule has 2 aromatic heterocycles. The number of piperazine rings is 1. The molecule has 1 aliphatic heterocycles. The third-order valence-corrected chi connectivity index (χ3v) is 5.77. The largest absolute Gasteiger partial charge is 0.494 e. The molecule has 27 heavy (non-hydrogen) atoms. The van der Waals surface area contributed by atoms with Gasteiger partial charge < -0.3 is 24.4 Å². The Morgan fingerprint density at radius 1 is 1.30 bits per heavy atom. The first-order chi connectivity index (χ1) is 13.0. The lowest BCUT2D eigenvalue weighted by Crippen LogP contribution is -2.44. The molecule has 1 saturated heterocycles. The fourth-order valence-corrected chi connectivity index (χ4v) is 4.08. The zero-order valence-electron chi connectivity index (χ0n) is 16.4. The van der Waals surface area contributed by atoms with Crippen LogP contribution in [0.5, 0.6) is 5.75 Å². The van der Waals surface area contributed by atoms with E-state index >= 15 is 0 Å². The molecule has 0 aliphatic carbocycles. The molecule has 0 atom stereocenters. The molecule has 2 aromatic rings. The van der Waals surface area contributed by atoms with Crippen LogP contribution in [0.25, 0.3) is 0 Å². The van der Waals surface area contributed by atoms with Gasteiger partial charge in [0.1, 0.15) is 10.8 Å². The van der Waals surface area contributed by atoms with Crippen molar-refractivity contribution in [2.45, 2.75) is 23.5 Å². The van der Waals surface area contributed by atoms with Crippen molar-refractivity contribution in [3.05, 3.63) is 30.1 Å². The summed E-state index contributed by atoms with van der Waals surface area (Å²) in [6.07, 6.45) is 3.77. The van der Waals surface area contributed by atoms with Crippen LogP contribution in [0.1, 0.15) is 17.3 Å². The van der Waals surface area contributed by atoms with Crippen LogP contribution in [-0.4, -0.2) is 67.7 Å². The highest BCUT2D eigenvalue weighted by Gasteiger charge is 2.19. The smallest absolute Gasteiger partial charge is 0.252 e. The number of carbonyl (C=O) groups is 1. The number of nitrogens with zero attached hydrogens (tertiary/aromatic N) is 4. The van der Waals surface area contributed by atoms with Gasteiger partial charge in [-0.3, -0.25) is 4.79 Å². The van der Waals surface area contributed by atoms with Crippen LogP contribution in [0.4, 0.5) is 5.69 Å². The summed E-state index contributed by atoms with van der Waals surface area (Å²) >= 11 is 1.54. The number of nitrogens with one attached hydrogen (secondary N) is 1. The van der Waals surface area contributed by atoms with Crippen LogP contribution in [0.15, 0.2) is 34.6 Å². The first-order valence-electron chi connectivity index (χ1n) is 9.13. The van der Waals surface area contributed by atoms with Gasteiger partial charge in [-0.25, -0.2) is 4.98 Å². The van der Waals surface area contributed by atoms with Crippen molar-refractivity contribution in [3.8, 4) is 5.75 Å². The fraction of sp³-hybridized carbons (Fsp3) is 0.474. The van der Waals surface area contributed by atoms with Crippen molar-refractivity contribution < 1.29 is 9.53 Å². The standard InChI is InChI=1S/C19H27N5O2S/c1-5-23-13-14(19(25)20-2)10-18(23)27-17-11-16(26-4)15(12-21-17)24-8-6-22(3)7-9-24/h10-13H,5-9H2,1-4H3,(H,20,25). The normalized spacial score (nSPS) is 15.0. The lowest BCUT2D eigenvalue weighted by molar-refractivity contribution is 0.0963.